The lowest BCUT2D eigenvalue weighted by atomic mass is 9.95. The number of aliphatic hydroxyl groups is 1. The van der Waals surface area contributed by atoms with Gasteiger partial charge in [-0.3, -0.25) is 9.88 Å². The zero-order valence-corrected chi connectivity index (χ0v) is 20.3. The van der Waals surface area contributed by atoms with Crippen LogP contribution in [0.3, 0.4) is 0 Å². The first-order chi connectivity index (χ1) is 17.1. The topological polar surface area (TPSA) is 96.5 Å². The minimum Gasteiger partial charge on any atom is -0.497 e. The predicted octanol–water partition coefficient (Wildman–Crippen LogP) is 4.25. The first kappa shape index (κ1) is 22.7. The molecule has 2 aliphatic rings. The second-order valence-corrected chi connectivity index (χ2v) is 10.0. The van der Waals surface area contributed by atoms with Crippen LogP contribution in [0.1, 0.15) is 42.9 Å². The fraction of sp³-hybridized carbons (Fsp3) is 0.423. The third-order valence-electron chi connectivity index (χ3n) is 7.58. The van der Waals surface area contributed by atoms with Crippen LogP contribution >= 0.6 is 11.6 Å². The molecule has 2 aromatic heterocycles. The van der Waals surface area contributed by atoms with Crippen LogP contribution in [0.15, 0.2) is 47.2 Å². The van der Waals surface area contributed by atoms with Gasteiger partial charge in [-0.2, -0.15) is 0 Å². The van der Waals surface area contributed by atoms with Crippen molar-refractivity contribution in [2.24, 2.45) is 0 Å². The highest BCUT2D eigenvalue weighted by molar-refractivity contribution is 6.32. The molecule has 3 unspecified atom stereocenters. The second kappa shape index (κ2) is 9.35. The maximum atomic E-state index is 11.3. The van der Waals surface area contributed by atoms with Crippen molar-refractivity contribution in [2.75, 3.05) is 13.7 Å². The third kappa shape index (κ3) is 4.36. The number of rotatable bonds is 7. The van der Waals surface area contributed by atoms with Crippen molar-refractivity contribution >= 4 is 33.5 Å². The van der Waals surface area contributed by atoms with Crippen molar-refractivity contribution in [3.8, 4) is 5.75 Å². The van der Waals surface area contributed by atoms with Gasteiger partial charge in [-0.1, -0.05) is 17.7 Å². The Morgan fingerprint density at radius 1 is 1.11 bits per heavy atom. The number of nitrogens with one attached hydrogen (secondary N) is 1. The standard InChI is InChI=1S/C26H28ClN5O3/c1-34-19-5-7-22-20(11-19)26(21(27)13-29-22)25(33)14-32-17-3-4-18(32)10-16(9-17)28-12-15-2-6-23-24(8-15)31-35-30-23/h2,5-8,11,13,16-18,25,28,33H,3-4,9-10,12,14H2,1H3. The number of methoxy groups -OCH3 is 1. The van der Waals surface area contributed by atoms with Crippen molar-refractivity contribution in [3.63, 3.8) is 0 Å². The quantitative estimate of drug-likeness (QED) is 0.394. The minimum absolute atomic E-state index is 0.446. The van der Waals surface area contributed by atoms with E-state index in [-0.39, 0.29) is 0 Å². The highest BCUT2D eigenvalue weighted by Gasteiger charge is 2.41. The molecular weight excluding hydrogens is 466 g/mol. The molecule has 0 spiro atoms. The number of pyridine rings is 1. The summed E-state index contributed by atoms with van der Waals surface area (Å²) in [5.74, 6) is 0.723. The number of benzene rings is 2. The van der Waals surface area contributed by atoms with Crippen molar-refractivity contribution < 1.29 is 14.5 Å². The molecule has 2 aliphatic heterocycles. The van der Waals surface area contributed by atoms with Gasteiger partial charge in [0, 0.05) is 48.4 Å². The van der Waals surface area contributed by atoms with E-state index in [1.54, 1.807) is 13.3 Å². The summed E-state index contributed by atoms with van der Waals surface area (Å²) >= 11 is 6.55. The van der Waals surface area contributed by atoms with Crippen LogP contribution in [0, 0.1) is 0 Å². The molecule has 9 heteroatoms. The number of ether oxygens (including phenoxy) is 1. The van der Waals surface area contributed by atoms with E-state index in [9.17, 15) is 5.11 Å². The summed E-state index contributed by atoms with van der Waals surface area (Å²) in [6.07, 6.45) is 5.38. The van der Waals surface area contributed by atoms with Crippen LogP contribution in [0.2, 0.25) is 5.02 Å². The molecule has 2 saturated heterocycles. The monoisotopic (exact) mass is 493 g/mol. The van der Waals surface area contributed by atoms with E-state index in [0.29, 0.717) is 29.7 Å². The Hall–Kier alpha value is -2.78. The fourth-order valence-electron chi connectivity index (χ4n) is 5.86. The number of hydrogen-bond donors (Lipinski definition) is 2. The number of fused-ring (bicyclic) bond motifs is 4. The molecule has 35 heavy (non-hydrogen) atoms. The molecule has 0 amide bonds. The lowest BCUT2D eigenvalue weighted by molar-refractivity contribution is 0.0522. The molecule has 182 valence electrons. The van der Waals surface area contributed by atoms with Gasteiger partial charge in [0.1, 0.15) is 16.8 Å². The van der Waals surface area contributed by atoms with Crippen LogP contribution in [0.4, 0.5) is 0 Å². The molecule has 4 heterocycles. The second-order valence-electron chi connectivity index (χ2n) is 9.64. The van der Waals surface area contributed by atoms with E-state index in [4.69, 9.17) is 21.0 Å². The van der Waals surface area contributed by atoms with Gasteiger partial charge in [0.15, 0.2) is 0 Å². The van der Waals surface area contributed by atoms with E-state index in [1.807, 2.05) is 30.3 Å². The molecule has 0 aliphatic carbocycles. The van der Waals surface area contributed by atoms with Crippen LogP contribution in [0.25, 0.3) is 21.9 Å². The van der Waals surface area contributed by atoms with Gasteiger partial charge in [0.2, 0.25) is 0 Å². The maximum Gasteiger partial charge on any atom is 0.135 e. The molecule has 6 rings (SSSR count). The normalized spacial score (nSPS) is 23.2. The first-order valence-electron chi connectivity index (χ1n) is 12.1. The summed E-state index contributed by atoms with van der Waals surface area (Å²) in [5.41, 5.74) is 4.27. The molecule has 2 N–H and O–H groups in total. The fourth-order valence-corrected chi connectivity index (χ4v) is 6.14. The summed E-state index contributed by atoms with van der Waals surface area (Å²) < 4.78 is 10.2. The van der Waals surface area contributed by atoms with E-state index in [1.165, 1.54) is 5.56 Å². The van der Waals surface area contributed by atoms with Crippen LogP contribution in [-0.4, -0.2) is 57.1 Å². The zero-order valence-electron chi connectivity index (χ0n) is 19.5. The van der Waals surface area contributed by atoms with Gasteiger partial charge in [-0.05, 0) is 71.9 Å². The van der Waals surface area contributed by atoms with Gasteiger partial charge in [0.25, 0.3) is 0 Å². The van der Waals surface area contributed by atoms with Gasteiger partial charge in [-0.15, -0.1) is 0 Å². The van der Waals surface area contributed by atoms with Crippen LogP contribution in [-0.2, 0) is 6.54 Å². The zero-order chi connectivity index (χ0) is 23.9. The van der Waals surface area contributed by atoms with Crippen LogP contribution in [0.5, 0.6) is 5.75 Å². The molecule has 0 saturated carbocycles. The Kier molecular flexibility index (Phi) is 6.06. The number of hydrogen-bond acceptors (Lipinski definition) is 8. The Morgan fingerprint density at radius 2 is 1.89 bits per heavy atom. The molecule has 4 aromatic rings. The van der Waals surface area contributed by atoms with Crippen molar-refractivity contribution in [1.29, 1.82) is 0 Å². The lowest BCUT2D eigenvalue weighted by Gasteiger charge is -2.40. The van der Waals surface area contributed by atoms with Gasteiger partial charge in [0.05, 0.1) is 23.8 Å². The predicted molar refractivity (Wildman–Crippen MR) is 133 cm³/mol. The first-order valence-corrected chi connectivity index (χ1v) is 12.5. The largest absolute Gasteiger partial charge is 0.497 e. The molecule has 2 fully saturated rings. The average molecular weight is 494 g/mol. The number of piperidine rings is 1. The Bertz CT molecular complexity index is 1350. The minimum atomic E-state index is -0.699. The third-order valence-corrected chi connectivity index (χ3v) is 7.88. The van der Waals surface area contributed by atoms with E-state index in [2.05, 4.69) is 31.6 Å². The van der Waals surface area contributed by atoms with Crippen molar-refractivity contribution in [3.05, 3.63) is 58.7 Å². The van der Waals surface area contributed by atoms with E-state index in [0.717, 1.165) is 65.5 Å². The summed E-state index contributed by atoms with van der Waals surface area (Å²) in [5, 5.41) is 24.2. The summed E-state index contributed by atoms with van der Waals surface area (Å²) in [6, 6.07) is 13.1. The lowest BCUT2D eigenvalue weighted by Crippen LogP contribution is -2.50. The Labute approximate surface area is 208 Å². The van der Waals surface area contributed by atoms with Gasteiger partial charge < -0.3 is 15.2 Å². The highest BCUT2D eigenvalue weighted by atomic mass is 35.5. The highest BCUT2D eigenvalue weighted by Crippen LogP contribution is 2.39. The molecule has 3 atom stereocenters. The average Bonchev–Trinajstić information content (AvgIpc) is 3.42. The van der Waals surface area contributed by atoms with E-state index >= 15 is 0 Å². The summed E-state index contributed by atoms with van der Waals surface area (Å²) in [6.45, 7) is 1.35. The molecular formula is C26H28ClN5O3. The molecule has 8 nitrogen and oxygen atoms in total. The Balaban J connectivity index is 1.14. The SMILES string of the molecule is COc1ccc2ncc(Cl)c(C(O)CN3C4CCC3CC(NCc3ccc5nonc5c3)C4)c2c1. The van der Waals surface area contributed by atoms with Crippen LogP contribution < -0.4 is 10.1 Å². The summed E-state index contributed by atoms with van der Waals surface area (Å²) in [7, 11) is 1.63. The van der Waals surface area contributed by atoms with E-state index < -0.39 is 6.10 Å². The van der Waals surface area contributed by atoms with Gasteiger partial charge in [-0.25, -0.2) is 4.63 Å². The van der Waals surface area contributed by atoms with Crippen molar-refractivity contribution in [1.82, 2.24) is 25.5 Å². The molecule has 2 aromatic carbocycles. The Morgan fingerprint density at radius 3 is 2.69 bits per heavy atom. The molecule has 2 bridgehead atoms. The number of aromatic nitrogens is 3. The van der Waals surface area contributed by atoms with Gasteiger partial charge >= 0.3 is 0 Å². The van der Waals surface area contributed by atoms with Crippen molar-refractivity contribution in [2.45, 2.75) is 56.5 Å². The maximum absolute atomic E-state index is 11.3. The number of nitrogens with zero attached hydrogens (tertiary/aromatic N) is 4. The smallest absolute Gasteiger partial charge is 0.135 e. The summed E-state index contributed by atoms with van der Waals surface area (Å²) in [4.78, 5) is 6.91. The number of halogens is 1. The molecule has 0 radical (unpaired) electrons. The number of aliphatic hydroxyl groups excluding tert-OH is 1.